The zero-order valence-corrected chi connectivity index (χ0v) is 13.0. The van der Waals surface area contributed by atoms with Crippen molar-refractivity contribution in [1.82, 2.24) is 4.98 Å². The molecule has 0 fully saturated rings. The highest BCUT2D eigenvalue weighted by Crippen LogP contribution is 2.28. The first-order chi connectivity index (χ1) is 9.88. The van der Waals surface area contributed by atoms with Crippen LogP contribution in [-0.2, 0) is 0 Å². The van der Waals surface area contributed by atoms with E-state index in [1.807, 2.05) is 13.0 Å². The number of hydrogen-bond donors (Lipinski definition) is 1. The summed E-state index contributed by atoms with van der Waals surface area (Å²) in [7, 11) is 0. The average Bonchev–Trinajstić information content (AvgIpc) is 2.43. The quantitative estimate of drug-likeness (QED) is 0.654. The number of pyridine rings is 1. The lowest BCUT2D eigenvalue weighted by molar-refractivity contribution is -0.385. The van der Waals surface area contributed by atoms with Gasteiger partial charge in [0.2, 0.25) is 0 Å². The van der Waals surface area contributed by atoms with Crippen molar-refractivity contribution in [2.45, 2.75) is 19.9 Å². The van der Waals surface area contributed by atoms with E-state index in [0.717, 1.165) is 5.56 Å². The maximum atomic E-state index is 13.6. The summed E-state index contributed by atoms with van der Waals surface area (Å²) in [5.74, 6) is 0.200. The summed E-state index contributed by atoms with van der Waals surface area (Å²) in [5, 5.41) is 13.8. The minimum Gasteiger partial charge on any atom is -0.363 e. The number of nitro groups is 1. The van der Waals surface area contributed by atoms with Crippen LogP contribution >= 0.6 is 15.9 Å². The zero-order valence-electron chi connectivity index (χ0n) is 11.4. The van der Waals surface area contributed by atoms with Gasteiger partial charge in [-0.25, -0.2) is 9.37 Å². The Labute approximate surface area is 129 Å². The number of halogens is 2. The van der Waals surface area contributed by atoms with E-state index in [9.17, 15) is 14.5 Å². The van der Waals surface area contributed by atoms with Crippen LogP contribution in [0.1, 0.15) is 24.1 Å². The highest BCUT2D eigenvalue weighted by atomic mass is 79.9. The second-order valence-corrected chi connectivity index (χ2v) is 5.51. The van der Waals surface area contributed by atoms with E-state index in [1.54, 1.807) is 13.0 Å². The molecular weight excluding hydrogens is 341 g/mol. The van der Waals surface area contributed by atoms with Gasteiger partial charge in [0.15, 0.2) is 0 Å². The maximum Gasteiger partial charge on any atom is 0.288 e. The molecule has 2 aromatic rings. The first-order valence-electron chi connectivity index (χ1n) is 6.21. The summed E-state index contributed by atoms with van der Waals surface area (Å²) in [5.41, 5.74) is 1.26. The number of hydrogen-bond acceptors (Lipinski definition) is 4. The van der Waals surface area contributed by atoms with Gasteiger partial charge in [0.1, 0.15) is 17.8 Å². The molecule has 0 aliphatic rings. The topological polar surface area (TPSA) is 68.1 Å². The van der Waals surface area contributed by atoms with Gasteiger partial charge in [0.05, 0.1) is 15.4 Å². The van der Waals surface area contributed by atoms with Crippen LogP contribution in [0.4, 0.5) is 15.9 Å². The number of anilines is 1. The molecule has 5 nitrogen and oxygen atoms in total. The van der Waals surface area contributed by atoms with Crippen LogP contribution in [0.25, 0.3) is 0 Å². The van der Waals surface area contributed by atoms with Gasteiger partial charge >= 0.3 is 0 Å². The van der Waals surface area contributed by atoms with E-state index >= 15 is 0 Å². The lowest BCUT2D eigenvalue weighted by Crippen LogP contribution is -2.09. The molecule has 0 aliphatic carbocycles. The number of benzene rings is 1. The molecule has 1 atom stereocenters. The average molecular weight is 354 g/mol. The Morgan fingerprint density at radius 2 is 2.14 bits per heavy atom. The van der Waals surface area contributed by atoms with Crippen molar-refractivity contribution in [3.05, 3.63) is 62.0 Å². The SMILES string of the molecule is Cc1ccc(C(C)Nc2ncc([N+](=O)[O-])cc2Br)cc1F. The number of nitrogens with zero attached hydrogens (tertiary/aromatic N) is 2. The fourth-order valence-corrected chi connectivity index (χ4v) is 2.25. The molecule has 1 aromatic carbocycles. The summed E-state index contributed by atoms with van der Waals surface area (Å²) < 4.78 is 14.1. The molecule has 0 radical (unpaired) electrons. The van der Waals surface area contributed by atoms with Gasteiger partial charge in [-0.2, -0.15) is 0 Å². The fourth-order valence-electron chi connectivity index (χ4n) is 1.80. The van der Waals surface area contributed by atoms with Crippen molar-refractivity contribution in [3.8, 4) is 0 Å². The Hall–Kier alpha value is -2.02. The van der Waals surface area contributed by atoms with E-state index < -0.39 is 4.92 Å². The third-order valence-electron chi connectivity index (χ3n) is 3.09. The fraction of sp³-hybridized carbons (Fsp3) is 0.214. The first-order valence-corrected chi connectivity index (χ1v) is 7.00. The highest BCUT2D eigenvalue weighted by Gasteiger charge is 2.14. The second kappa shape index (κ2) is 6.17. The molecule has 1 unspecified atom stereocenters. The minimum absolute atomic E-state index is 0.0959. The third kappa shape index (κ3) is 3.55. The Morgan fingerprint density at radius 3 is 2.71 bits per heavy atom. The number of nitrogens with one attached hydrogen (secondary N) is 1. The van der Waals surface area contributed by atoms with Crippen LogP contribution in [-0.4, -0.2) is 9.91 Å². The Balaban J connectivity index is 2.21. The van der Waals surface area contributed by atoms with Gasteiger partial charge in [-0.05, 0) is 47.0 Å². The first kappa shape index (κ1) is 15.4. The maximum absolute atomic E-state index is 13.6. The van der Waals surface area contributed by atoms with Crippen molar-refractivity contribution in [2.24, 2.45) is 0 Å². The highest BCUT2D eigenvalue weighted by molar-refractivity contribution is 9.10. The predicted octanol–water partition coefficient (Wildman–Crippen LogP) is 4.37. The molecular formula is C14H13BrFN3O2. The van der Waals surface area contributed by atoms with E-state index in [1.165, 1.54) is 18.3 Å². The summed E-state index contributed by atoms with van der Waals surface area (Å²) in [6.45, 7) is 3.56. The normalized spacial score (nSPS) is 12.0. The standard InChI is InChI=1S/C14H13BrFN3O2/c1-8-3-4-10(5-13(8)16)9(2)18-14-12(15)6-11(7-17-14)19(20)21/h3-7,9H,1-2H3,(H,17,18). The molecule has 0 saturated carbocycles. The molecule has 0 saturated heterocycles. The Bertz CT molecular complexity index is 694. The molecule has 1 heterocycles. The molecule has 0 spiro atoms. The molecule has 21 heavy (non-hydrogen) atoms. The molecule has 110 valence electrons. The monoisotopic (exact) mass is 353 g/mol. The van der Waals surface area contributed by atoms with Crippen LogP contribution in [0.5, 0.6) is 0 Å². The van der Waals surface area contributed by atoms with Crippen LogP contribution in [0, 0.1) is 22.9 Å². The van der Waals surface area contributed by atoms with Gasteiger partial charge in [-0.15, -0.1) is 0 Å². The van der Waals surface area contributed by atoms with E-state index in [4.69, 9.17) is 0 Å². The van der Waals surface area contributed by atoms with Crippen molar-refractivity contribution in [3.63, 3.8) is 0 Å². The van der Waals surface area contributed by atoms with Gasteiger partial charge in [-0.3, -0.25) is 10.1 Å². The van der Waals surface area contributed by atoms with Gasteiger partial charge < -0.3 is 5.32 Å². The molecule has 7 heteroatoms. The molecule has 1 aromatic heterocycles. The van der Waals surface area contributed by atoms with Crippen molar-refractivity contribution >= 4 is 27.4 Å². The third-order valence-corrected chi connectivity index (χ3v) is 3.69. The van der Waals surface area contributed by atoms with Gasteiger partial charge in [-0.1, -0.05) is 12.1 Å². The Morgan fingerprint density at radius 1 is 1.43 bits per heavy atom. The summed E-state index contributed by atoms with van der Waals surface area (Å²) in [6.07, 6.45) is 1.18. The predicted molar refractivity (Wildman–Crippen MR) is 81.8 cm³/mol. The number of aromatic nitrogens is 1. The van der Waals surface area contributed by atoms with Crippen LogP contribution in [0.15, 0.2) is 34.9 Å². The van der Waals surface area contributed by atoms with E-state index in [2.05, 4.69) is 26.2 Å². The molecule has 2 rings (SSSR count). The zero-order chi connectivity index (χ0) is 15.6. The van der Waals surface area contributed by atoms with Crippen molar-refractivity contribution in [1.29, 1.82) is 0 Å². The van der Waals surface area contributed by atoms with E-state index in [-0.39, 0.29) is 17.5 Å². The summed E-state index contributed by atoms with van der Waals surface area (Å²) >= 11 is 3.24. The summed E-state index contributed by atoms with van der Waals surface area (Å²) in [4.78, 5) is 14.2. The molecule has 0 bridgehead atoms. The van der Waals surface area contributed by atoms with Gasteiger partial charge in [0, 0.05) is 6.07 Å². The smallest absolute Gasteiger partial charge is 0.288 e. The van der Waals surface area contributed by atoms with Gasteiger partial charge in [0.25, 0.3) is 5.69 Å². The second-order valence-electron chi connectivity index (χ2n) is 4.66. The van der Waals surface area contributed by atoms with Crippen LogP contribution in [0.3, 0.4) is 0 Å². The minimum atomic E-state index is -0.514. The lowest BCUT2D eigenvalue weighted by Gasteiger charge is -2.16. The largest absolute Gasteiger partial charge is 0.363 e. The molecule has 1 N–H and O–H groups in total. The van der Waals surface area contributed by atoms with Crippen molar-refractivity contribution in [2.75, 3.05) is 5.32 Å². The van der Waals surface area contributed by atoms with Crippen LogP contribution in [0.2, 0.25) is 0 Å². The van der Waals surface area contributed by atoms with E-state index in [0.29, 0.717) is 15.9 Å². The van der Waals surface area contributed by atoms with Crippen molar-refractivity contribution < 1.29 is 9.31 Å². The summed E-state index contributed by atoms with van der Waals surface area (Å²) in [6, 6.07) is 6.19. The molecule has 0 aliphatic heterocycles. The number of rotatable bonds is 4. The number of aryl methyl sites for hydroxylation is 1. The Kier molecular flexibility index (Phi) is 4.52. The molecule has 0 amide bonds. The van der Waals surface area contributed by atoms with Crippen LogP contribution < -0.4 is 5.32 Å². The lowest BCUT2D eigenvalue weighted by atomic mass is 10.1.